The molecule has 4 nitrogen and oxygen atoms in total. The van der Waals surface area contributed by atoms with Crippen molar-refractivity contribution in [1.82, 2.24) is 4.98 Å². The molecule has 0 radical (unpaired) electrons. The van der Waals surface area contributed by atoms with Crippen molar-refractivity contribution in [2.24, 2.45) is 0 Å². The first-order chi connectivity index (χ1) is 12.3. The number of aryl methyl sites for hydroxylation is 2. The standard InChI is InChI=1S/C20H20FNO3S/c1-11-12(2)17(6-4-14(11)5-7-19(23)24)25-10-15-8-16(21)9-18-20(15)22-13(3)26-18/h4,6,8-9H,5,7,10H2,1-3H3,(H,23,24). The summed E-state index contributed by atoms with van der Waals surface area (Å²) in [5.41, 5.74) is 4.49. The Morgan fingerprint density at radius 1 is 1.19 bits per heavy atom. The number of halogens is 1. The summed E-state index contributed by atoms with van der Waals surface area (Å²) in [5.74, 6) is -0.390. The van der Waals surface area contributed by atoms with Gasteiger partial charge in [0, 0.05) is 12.0 Å². The number of rotatable bonds is 6. The van der Waals surface area contributed by atoms with Gasteiger partial charge in [-0.15, -0.1) is 11.3 Å². The van der Waals surface area contributed by atoms with E-state index in [1.165, 1.54) is 23.5 Å². The molecular weight excluding hydrogens is 353 g/mol. The number of ether oxygens (including phenoxy) is 1. The molecule has 0 amide bonds. The number of thiazole rings is 1. The average Bonchev–Trinajstić information content (AvgIpc) is 2.95. The second-order valence-electron chi connectivity index (χ2n) is 6.30. The Hall–Kier alpha value is -2.47. The summed E-state index contributed by atoms with van der Waals surface area (Å²) in [5, 5.41) is 9.74. The fourth-order valence-electron chi connectivity index (χ4n) is 2.96. The lowest BCUT2D eigenvalue weighted by Gasteiger charge is -2.14. The Morgan fingerprint density at radius 2 is 1.96 bits per heavy atom. The van der Waals surface area contributed by atoms with Gasteiger partial charge >= 0.3 is 5.97 Å². The Bertz CT molecular complexity index is 981. The summed E-state index contributed by atoms with van der Waals surface area (Å²) in [7, 11) is 0. The summed E-state index contributed by atoms with van der Waals surface area (Å²) in [6.45, 7) is 6.04. The molecule has 0 saturated heterocycles. The highest BCUT2D eigenvalue weighted by atomic mass is 32.1. The SMILES string of the molecule is Cc1nc2c(COc3ccc(CCC(=O)O)c(C)c3C)cc(F)cc2s1. The zero-order valence-electron chi connectivity index (χ0n) is 14.9. The van der Waals surface area contributed by atoms with Crippen LogP contribution in [0.4, 0.5) is 4.39 Å². The summed E-state index contributed by atoms with van der Waals surface area (Å²) >= 11 is 1.46. The third-order valence-electron chi connectivity index (χ3n) is 4.49. The largest absolute Gasteiger partial charge is 0.489 e. The molecule has 1 aromatic heterocycles. The molecule has 1 N–H and O–H groups in total. The van der Waals surface area contributed by atoms with Gasteiger partial charge in [-0.3, -0.25) is 4.79 Å². The summed E-state index contributed by atoms with van der Waals surface area (Å²) in [6.07, 6.45) is 0.593. The lowest BCUT2D eigenvalue weighted by Crippen LogP contribution is -2.03. The van der Waals surface area contributed by atoms with Gasteiger partial charge in [-0.1, -0.05) is 6.07 Å². The Balaban J connectivity index is 1.82. The van der Waals surface area contributed by atoms with Crippen LogP contribution in [0.2, 0.25) is 0 Å². The fourth-order valence-corrected chi connectivity index (χ4v) is 3.86. The van der Waals surface area contributed by atoms with Crippen molar-refractivity contribution in [2.45, 2.75) is 40.2 Å². The van der Waals surface area contributed by atoms with E-state index in [4.69, 9.17) is 9.84 Å². The van der Waals surface area contributed by atoms with Crippen LogP contribution in [0.1, 0.15) is 33.7 Å². The first-order valence-electron chi connectivity index (χ1n) is 8.34. The molecule has 136 valence electrons. The van der Waals surface area contributed by atoms with Crippen LogP contribution in [0.5, 0.6) is 5.75 Å². The molecule has 26 heavy (non-hydrogen) atoms. The Labute approximate surface area is 155 Å². The first-order valence-corrected chi connectivity index (χ1v) is 9.16. The molecule has 0 bridgehead atoms. The lowest BCUT2D eigenvalue weighted by molar-refractivity contribution is -0.136. The molecule has 6 heteroatoms. The molecule has 0 saturated carbocycles. The molecule has 3 aromatic rings. The van der Waals surface area contributed by atoms with Crippen LogP contribution in [0.15, 0.2) is 24.3 Å². The van der Waals surface area contributed by atoms with Crippen LogP contribution in [0.3, 0.4) is 0 Å². The van der Waals surface area contributed by atoms with E-state index >= 15 is 0 Å². The van der Waals surface area contributed by atoms with Gasteiger partial charge in [0.25, 0.3) is 0 Å². The van der Waals surface area contributed by atoms with Crippen molar-refractivity contribution in [2.75, 3.05) is 0 Å². The van der Waals surface area contributed by atoms with E-state index in [9.17, 15) is 9.18 Å². The number of carboxylic acid groups (broad SMARTS) is 1. The smallest absolute Gasteiger partial charge is 0.303 e. The van der Waals surface area contributed by atoms with Gasteiger partial charge in [0.2, 0.25) is 0 Å². The molecule has 0 unspecified atom stereocenters. The van der Waals surface area contributed by atoms with Gasteiger partial charge in [0.1, 0.15) is 18.2 Å². The molecule has 0 spiro atoms. The topological polar surface area (TPSA) is 59.4 Å². The van der Waals surface area contributed by atoms with E-state index in [-0.39, 0.29) is 18.8 Å². The van der Waals surface area contributed by atoms with Crippen LogP contribution in [-0.4, -0.2) is 16.1 Å². The van der Waals surface area contributed by atoms with Crippen molar-refractivity contribution >= 4 is 27.5 Å². The summed E-state index contributed by atoms with van der Waals surface area (Å²) in [6, 6.07) is 6.71. The number of benzene rings is 2. The monoisotopic (exact) mass is 373 g/mol. The zero-order valence-corrected chi connectivity index (χ0v) is 15.7. The van der Waals surface area contributed by atoms with E-state index in [1.54, 1.807) is 0 Å². The van der Waals surface area contributed by atoms with Crippen molar-refractivity contribution in [3.63, 3.8) is 0 Å². The average molecular weight is 373 g/mol. The maximum Gasteiger partial charge on any atom is 0.303 e. The van der Waals surface area contributed by atoms with Crippen LogP contribution in [0, 0.1) is 26.6 Å². The lowest BCUT2D eigenvalue weighted by atomic mass is 9.99. The zero-order chi connectivity index (χ0) is 18.8. The van der Waals surface area contributed by atoms with Crippen LogP contribution in [0.25, 0.3) is 10.2 Å². The van der Waals surface area contributed by atoms with Crippen molar-refractivity contribution in [1.29, 1.82) is 0 Å². The highest BCUT2D eigenvalue weighted by Gasteiger charge is 2.12. The highest BCUT2D eigenvalue weighted by molar-refractivity contribution is 7.18. The number of fused-ring (bicyclic) bond motifs is 1. The maximum absolute atomic E-state index is 13.9. The van der Waals surface area contributed by atoms with Gasteiger partial charge in [-0.2, -0.15) is 0 Å². The molecule has 3 rings (SSSR count). The molecule has 2 aromatic carbocycles. The normalized spacial score (nSPS) is 11.1. The van der Waals surface area contributed by atoms with Crippen LogP contribution < -0.4 is 4.74 Å². The fraction of sp³-hybridized carbons (Fsp3) is 0.300. The number of carbonyl (C=O) groups is 1. The van der Waals surface area contributed by atoms with Gasteiger partial charge in [-0.05, 0) is 62.1 Å². The summed E-state index contributed by atoms with van der Waals surface area (Å²) in [4.78, 5) is 15.2. The van der Waals surface area contributed by atoms with E-state index in [0.717, 1.165) is 37.5 Å². The number of hydrogen-bond acceptors (Lipinski definition) is 4. The Kier molecular flexibility index (Phi) is 5.23. The predicted octanol–water partition coefficient (Wildman–Crippen LogP) is 4.96. The number of nitrogens with zero attached hydrogens (tertiary/aromatic N) is 1. The van der Waals surface area contributed by atoms with E-state index in [2.05, 4.69) is 4.98 Å². The molecule has 1 heterocycles. The number of carboxylic acids is 1. The number of aromatic nitrogens is 1. The van der Waals surface area contributed by atoms with Gasteiger partial charge in [0.15, 0.2) is 0 Å². The van der Waals surface area contributed by atoms with Gasteiger partial charge in [-0.25, -0.2) is 9.37 Å². The van der Waals surface area contributed by atoms with Gasteiger partial charge < -0.3 is 9.84 Å². The highest BCUT2D eigenvalue weighted by Crippen LogP contribution is 2.29. The Morgan fingerprint density at radius 3 is 2.69 bits per heavy atom. The predicted molar refractivity (Wildman–Crippen MR) is 101 cm³/mol. The second-order valence-corrected chi connectivity index (χ2v) is 7.53. The van der Waals surface area contributed by atoms with Crippen LogP contribution >= 0.6 is 11.3 Å². The quantitative estimate of drug-likeness (QED) is 0.664. The van der Waals surface area contributed by atoms with Gasteiger partial charge in [0.05, 0.1) is 15.2 Å². The maximum atomic E-state index is 13.9. The number of aliphatic carboxylic acids is 1. The molecule has 0 aliphatic rings. The molecular formula is C20H20FNO3S. The first kappa shape index (κ1) is 18.3. The molecule has 0 atom stereocenters. The van der Waals surface area contributed by atoms with E-state index < -0.39 is 5.97 Å². The van der Waals surface area contributed by atoms with E-state index in [0.29, 0.717) is 12.2 Å². The van der Waals surface area contributed by atoms with Crippen molar-refractivity contribution in [3.05, 3.63) is 57.3 Å². The number of hydrogen-bond donors (Lipinski definition) is 1. The minimum Gasteiger partial charge on any atom is -0.489 e. The minimum atomic E-state index is -0.809. The minimum absolute atomic E-state index is 0.102. The molecule has 0 aliphatic heterocycles. The van der Waals surface area contributed by atoms with Crippen LogP contribution in [-0.2, 0) is 17.8 Å². The second kappa shape index (κ2) is 7.41. The third-order valence-corrected chi connectivity index (χ3v) is 5.40. The third kappa shape index (κ3) is 3.85. The van der Waals surface area contributed by atoms with E-state index in [1.807, 2.05) is 32.9 Å². The summed E-state index contributed by atoms with van der Waals surface area (Å²) < 4.78 is 20.6. The van der Waals surface area contributed by atoms with Crippen molar-refractivity contribution in [3.8, 4) is 5.75 Å². The molecule has 0 fully saturated rings. The van der Waals surface area contributed by atoms with Crippen molar-refractivity contribution < 1.29 is 19.0 Å². The molecule has 0 aliphatic carbocycles.